The van der Waals surface area contributed by atoms with Crippen LogP contribution in [0.5, 0.6) is 0 Å². The molecule has 0 fully saturated rings. The molecule has 1 aromatic heterocycles. The third-order valence-corrected chi connectivity index (χ3v) is 6.64. The summed E-state index contributed by atoms with van der Waals surface area (Å²) >= 11 is 0. The molecule has 0 radical (unpaired) electrons. The van der Waals surface area contributed by atoms with E-state index >= 15 is 0 Å². The molecule has 4 aromatic rings. The molecule has 0 unspecified atom stereocenters. The van der Waals surface area contributed by atoms with Crippen LogP contribution in [-0.4, -0.2) is 32.9 Å². The number of carbonyl (C=O) groups is 2. The van der Waals surface area contributed by atoms with Gasteiger partial charge in [-0.05, 0) is 61.4 Å². The van der Waals surface area contributed by atoms with Crippen LogP contribution < -0.4 is 15.5 Å². The van der Waals surface area contributed by atoms with Crippen molar-refractivity contribution in [1.82, 2.24) is 20.3 Å². The van der Waals surface area contributed by atoms with Gasteiger partial charge in [0.25, 0.3) is 5.91 Å². The molecule has 0 bridgehead atoms. The maximum absolute atomic E-state index is 12.6. The molecule has 2 atom stereocenters. The van der Waals surface area contributed by atoms with Crippen LogP contribution in [0.4, 0.5) is 11.4 Å². The minimum Gasteiger partial charge on any atom is -0.378 e. The molecule has 3 aromatic carbocycles. The molecule has 2 N–H and O–H groups in total. The van der Waals surface area contributed by atoms with E-state index in [1.165, 1.54) is 0 Å². The Bertz CT molecular complexity index is 1380. The fraction of sp³-hybridized carbons (Fsp3) is 0.241. The summed E-state index contributed by atoms with van der Waals surface area (Å²) in [5.74, 6) is 0.000879. The van der Waals surface area contributed by atoms with Crippen molar-refractivity contribution in [2.45, 2.75) is 45.3 Å². The highest BCUT2D eigenvalue weighted by atomic mass is 16.2. The van der Waals surface area contributed by atoms with Gasteiger partial charge >= 0.3 is 0 Å². The van der Waals surface area contributed by atoms with Gasteiger partial charge in [0.2, 0.25) is 5.91 Å². The molecular weight excluding hydrogens is 464 g/mol. The number of amides is 2. The number of rotatable bonds is 7. The number of hydrogen-bond donors (Lipinski definition) is 2. The first-order valence-electron chi connectivity index (χ1n) is 12.6. The van der Waals surface area contributed by atoms with Crippen molar-refractivity contribution in [2.24, 2.45) is 0 Å². The number of aromatic nitrogens is 3. The average molecular weight is 495 g/mol. The lowest BCUT2D eigenvalue weighted by Crippen LogP contribution is -2.44. The maximum atomic E-state index is 12.6. The Hall–Kier alpha value is -4.46. The molecule has 0 saturated heterocycles. The number of hydrogen-bond acceptors (Lipinski definition) is 5. The van der Waals surface area contributed by atoms with E-state index in [9.17, 15) is 9.59 Å². The van der Waals surface area contributed by atoms with E-state index in [1.54, 1.807) is 16.8 Å². The fourth-order valence-corrected chi connectivity index (χ4v) is 4.78. The highest BCUT2D eigenvalue weighted by Crippen LogP contribution is 2.39. The van der Waals surface area contributed by atoms with Crippen molar-refractivity contribution in [3.63, 3.8) is 0 Å². The summed E-state index contributed by atoms with van der Waals surface area (Å²) in [6, 6.07) is 25.4. The zero-order chi connectivity index (χ0) is 25.8. The predicted octanol–water partition coefficient (Wildman–Crippen LogP) is 4.89. The van der Waals surface area contributed by atoms with Crippen LogP contribution in [0.25, 0.3) is 5.69 Å². The van der Waals surface area contributed by atoms with Gasteiger partial charge in [-0.3, -0.25) is 9.59 Å². The van der Waals surface area contributed by atoms with Gasteiger partial charge in [0.15, 0.2) is 0 Å². The monoisotopic (exact) mass is 494 g/mol. The smallest absolute Gasteiger partial charge is 0.251 e. The number of benzene rings is 3. The van der Waals surface area contributed by atoms with Crippen LogP contribution in [0.15, 0.2) is 85.1 Å². The topological polar surface area (TPSA) is 92.2 Å². The van der Waals surface area contributed by atoms with Gasteiger partial charge in [-0.2, -0.15) is 0 Å². The van der Waals surface area contributed by atoms with Crippen molar-refractivity contribution in [1.29, 1.82) is 0 Å². The van der Waals surface area contributed by atoms with Gasteiger partial charge in [0, 0.05) is 29.4 Å². The number of nitrogens with zero attached hydrogens (tertiary/aromatic N) is 4. The van der Waals surface area contributed by atoms with Crippen LogP contribution in [-0.2, 0) is 11.3 Å². The number of para-hydroxylation sites is 1. The zero-order valence-electron chi connectivity index (χ0n) is 21.0. The molecule has 5 rings (SSSR count). The molecule has 8 heteroatoms. The Kier molecular flexibility index (Phi) is 6.98. The molecule has 188 valence electrons. The van der Waals surface area contributed by atoms with Gasteiger partial charge in [-0.25, -0.2) is 4.68 Å². The Morgan fingerprint density at radius 2 is 1.70 bits per heavy atom. The van der Waals surface area contributed by atoms with E-state index in [-0.39, 0.29) is 23.9 Å². The average Bonchev–Trinajstić information content (AvgIpc) is 3.41. The highest BCUT2D eigenvalue weighted by molar-refractivity contribution is 5.95. The molecule has 8 nitrogen and oxygen atoms in total. The summed E-state index contributed by atoms with van der Waals surface area (Å²) in [6.45, 7) is 4.30. The van der Waals surface area contributed by atoms with E-state index in [1.807, 2.05) is 78.7 Å². The standard InChI is InChI=1S/C29H30N6O2/c1-3-28(36)35-20(2)17-26(25-11-7-8-12-27(25)35)31-22-13-15-24(16-14-22)34-19-23(32-33-34)18-30-29(37)21-9-5-4-6-10-21/h4-16,19-20,26,31H,3,17-18H2,1-2H3,(H,30,37)/t20-,26+/m0/s1. The van der Waals surface area contributed by atoms with Gasteiger partial charge in [0.05, 0.1) is 24.5 Å². The highest BCUT2D eigenvalue weighted by Gasteiger charge is 2.32. The van der Waals surface area contributed by atoms with Crippen LogP contribution in [0, 0.1) is 0 Å². The molecule has 37 heavy (non-hydrogen) atoms. The van der Waals surface area contributed by atoms with Gasteiger partial charge in [0.1, 0.15) is 5.69 Å². The number of fused-ring (bicyclic) bond motifs is 1. The van der Waals surface area contributed by atoms with Crippen molar-refractivity contribution in [2.75, 3.05) is 10.2 Å². The fourth-order valence-electron chi connectivity index (χ4n) is 4.78. The number of nitrogens with one attached hydrogen (secondary N) is 2. The minimum absolute atomic E-state index is 0.101. The second-order valence-electron chi connectivity index (χ2n) is 9.21. The Morgan fingerprint density at radius 1 is 0.973 bits per heavy atom. The summed E-state index contributed by atoms with van der Waals surface area (Å²) in [6.07, 6.45) is 3.12. The van der Waals surface area contributed by atoms with Crippen LogP contribution in [0.3, 0.4) is 0 Å². The number of anilines is 2. The van der Waals surface area contributed by atoms with Crippen molar-refractivity contribution in [3.8, 4) is 5.69 Å². The molecule has 1 aliphatic rings. The van der Waals surface area contributed by atoms with E-state index in [0.29, 0.717) is 24.2 Å². The first-order chi connectivity index (χ1) is 18.0. The lowest BCUT2D eigenvalue weighted by Gasteiger charge is -2.40. The van der Waals surface area contributed by atoms with Gasteiger partial charge in [-0.15, -0.1) is 5.10 Å². The first-order valence-corrected chi connectivity index (χ1v) is 12.6. The van der Waals surface area contributed by atoms with Crippen molar-refractivity contribution in [3.05, 3.63) is 102 Å². The second-order valence-corrected chi connectivity index (χ2v) is 9.21. The van der Waals surface area contributed by atoms with Gasteiger partial charge in [-0.1, -0.05) is 48.5 Å². The van der Waals surface area contributed by atoms with Crippen LogP contribution in [0.1, 0.15) is 54.3 Å². The third-order valence-electron chi connectivity index (χ3n) is 6.64. The minimum atomic E-state index is -0.147. The largest absolute Gasteiger partial charge is 0.378 e. The third kappa shape index (κ3) is 5.23. The molecule has 0 spiro atoms. The van der Waals surface area contributed by atoms with Crippen molar-refractivity contribution >= 4 is 23.2 Å². The number of carbonyl (C=O) groups excluding carboxylic acids is 2. The second kappa shape index (κ2) is 10.7. The van der Waals surface area contributed by atoms with Crippen molar-refractivity contribution < 1.29 is 9.59 Å². The molecule has 1 aliphatic heterocycles. The van der Waals surface area contributed by atoms with E-state index in [4.69, 9.17) is 0 Å². The molecular formula is C29H30N6O2. The predicted molar refractivity (Wildman–Crippen MR) is 144 cm³/mol. The summed E-state index contributed by atoms with van der Waals surface area (Å²) in [5, 5.41) is 14.9. The maximum Gasteiger partial charge on any atom is 0.251 e. The molecule has 0 saturated carbocycles. The quantitative estimate of drug-likeness (QED) is 0.382. The Balaban J connectivity index is 1.25. The lowest BCUT2D eigenvalue weighted by atomic mass is 9.91. The molecule has 2 amide bonds. The van der Waals surface area contributed by atoms with Crippen LogP contribution in [0.2, 0.25) is 0 Å². The normalized spacial score (nSPS) is 16.6. The summed E-state index contributed by atoms with van der Waals surface area (Å²) in [4.78, 5) is 26.8. The Labute approximate surface area is 216 Å². The van der Waals surface area contributed by atoms with Gasteiger partial charge < -0.3 is 15.5 Å². The Morgan fingerprint density at radius 3 is 2.46 bits per heavy atom. The zero-order valence-corrected chi connectivity index (χ0v) is 21.0. The first kappa shape index (κ1) is 24.2. The lowest BCUT2D eigenvalue weighted by molar-refractivity contribution is -0.118. The molecule has 0 aliphatic carbocycles. The summed E-state index contributed by atoms with van der Waals surface area (Å²) < 4.78 is 1.69. The van der Waals surface area contributed by atoms with E-state index < -0.39 is 0 Å². The summed E-state index contributed by atoms with van der Waals surface area (Å²) in [7, 11) is 0. The summed E-state index contributed by atoms with van der Waals surface area (Å²) in [5.41, 5.74) is 5.25. The SMILES string of the molecule is CCC(=O)N1c2ccccc2[C@H](Nc2ccc(-n3cc(CNC(=O)c4ccccc4)nn3)cc2)C[C@@H]1C. The molecule has 2 heterocycles. The van der Waals surface area contributed by atoms with E-state index in [0.717, 1.165) is 29.0 Å². The van der Waals surface area contributed by atoms with Crippen LogP contribution >= 0.6 is 0 Å². The van der Waals surface area contributed by atoms with E-state index in [2.05, 4.69) is 33.9 Å².